The van der Waals surface area contributed by atoms with E-state index >= 15 is 0 Å². The lowest BCUT2D eigenvalue weighted by molar-refractivity contribution is -0.120. The van der Waals surface area contributed by atoms with Gasteiger partial charge in [0.05, 0.1) is 0 Å². The van der Waals surface area contributed by atoms with Crippen molar-refractivity contribution in [3.8, 4) is 0 Å². The predicted octanol–water partition coefficient (Wildman–Crippen LogP) is 1.48. The quantitative estimate of drug-likeness (QED) is 0.590. The third-order valence-corrected chi connectivity index (χ3v) is 1.11. The van der Waals surface area contributed by atoms with Gasteiger partial charge < -0.3 is 5.32 Å². The van der Waals surface area contributed by atoms with Gasteiger partial charge in [-0.15, -0.1) is 0 Å². The average Bonchev–Trinajstić information content (AvgIpc) is 1.97. The summed E-state index contributed by atoms with van der Waals surface area (Å²) in [6.45, 7) is 4.74. The summed E-state index contributed by atoms with van der Waals surface area (Å²) in [6.07, 6.45) is 5.24. The Labute approximate surface area is 62.3 Å². The highest BCUT2D eigenvalue weighted by Crippen LogP contribution is 1.82. The number of carbonyl (C=O) groups excluding carboxylic acids is 1. The molecule has 0 heterocycles. The van der Waals surface area contributed by atoms with E-state index < -0.39 is 0 Å². The highest BCUT2D eigenvalue weighted by molar-refractivity contribution is 5.77. The first-order chi connectivity index (χ1) is 4.81. The van der Waals surface area contributed by atoms with Crippen molar-refractivity contribution in [2.75, 3.05) is 6.54 Å². The molecule has 2 nitrogen and oxygen atoms in total. The van der Waals surface area contributed by atoms with Crippen LogP contribution < -0.4 is 5.32 Å². The standard InChI is InChI=1S/C8H15NO/c1-3-5-6-8(10)9-7-4-2/h3,5H,4,6-7H2,1-2H3,(H,9,10)/b5-3-. The van der Waals surface area contributed by atoms with Crippen LogP contribution in [0.15, 0.2) is 12.2 Å². The molecule has 1 N–H and O–H groups in total. The van der Waals surface area contributed by atoms with Gasteiger partial charge in [-0.25, -0.2) is 0 Å². The van der Waals surface area contributed by atoms with Crippen LogP contribution in [0.2, 0.25) is 0 Å². The van der Waals surface area contributed by atoms with Crippen molar-refractivity contribution in [2.24, 2.45) is 0 Å². The molecule has 0 aliphatic rings. The van der Waals surface area contributed by atoms with Crippen molar-refractivity contribution in [3.05, 3.63) is 12.2 Å². The second-order valence-electron chi connectivity index (χ2n) is 2.12. The van der Waals surface area contributed by atoms with E-state index in [4.69, 9.17) is 0 Å². The Morgan fingerprint density at radius 2 is 2.30 bits per heavy atom. The summed E-state index contributed by atoms with van der Waals surface area (Å²) in [7, 11) is 0. The largest absolute Gasteiger partial charge is 0.356 e. The Morgan fingerprint density at radius 3 is 2.80 bits per heavy atom. The minimum absolute atomic E-state index is 0.111. The van der Waals surface area contributed by atoms with Crippen LogP contribution in [0.1, 0.15) is 26.7 Å². The molecule has 0 saturated heterocycles. The van der Waals surface area contributed by atoms with Crippen LogP contribution >= 0.6 is 0 Å². The molecule has 0 fully saturated rings. The van der Waals surface area contributed by atoms with Crippen LogP contribution in [0.5, 0.6) is 0 Å². The fraction of sp³-hybridized carbons (Fsp3) is 0.625. The van der Waals surface area contributed by atoms with E-state index in [0.29, 0.717) is 6.42 Å². The molecule has 10 heavy (non-hydrogen) atoms. The molecule has 0 aliphatic carbocycles. The fourth-order valence-corrected chi connectivity index (χ4v) is 0.561. The Balaban J connectivity index is 3.25. The zero-order valence-electron chi connectivity index (χ0n) is 6.68. The molecule has 0 atom stereocenters. The minimum Gasteiger partial charge on any atom is -0.356 e. The lowest BCUT2D eigenvalue weighted by Gasteiger charge is -1.98. The van der Waals surface area contributed by atoms with Crippen molar-refractivity contribution >= 4 is 5.91 Å². The predicted molar refractivity (Wildman–Crippen MR) is 42.7 cm³/mol. The number of amides is 1. The molecule has 1 amide bonds. The molecule has 2 heteroatoms. The zero-order valence-corrected chi connectivity index (χ0v) is 6.68. The van der Waals surface area contributed by atoms with Gasteiger partial charge in [-0.3, -0.25) is 4.79 Å². The summed E-state index contributed by atoms with van der Waals surface area (Å²) in [4.78, 5) is 10.8. The highest BCUT2D eigenvalue weighted by Gasteiger charge is 1.93. The third-order valence-electron chi connectivity index (χ3n) is 1.11. The monoisotopic (exact) mass is 141 g/mol. The number of hydrogen-bond acceptors (Lipinski definition) is 1. The maximum absolute atomic E-state index is 10.8. The molecule has 0 aliphatic heterocycles. The maximum atomic E-state index is 10.8. The Bertz CT molecular complexity index is 118. The summed E-state index contributed by atoms with van der Waals surface area (Å²) in [5.74, 6) is 0.111. The first-order valence-corrected chi connectivity index (χ1v) is 3.69. The number of hydrogen-bond donors (Lipinski definition) is 1. The molecule has 0 bridgehead atoms. The molecular formula is C8H15NO. The van der Waals surface area contributed by atoms with Gasteiger partial charge in [-0.05, 0) is 13.3 Å². The zero-order chi connectivity index (χ0) is 7.82. The molecule has 0 aromatic carbocycles. The summed E-state index contributed by atoms with van der Waals surface area (Å²) in [5, 5.41) is 2.78. The SMILES string of the molecule is C/C=C\CC(=O)NCCC. The lowest BCUT2D eigenvalue weighted by Crippen LogP contribution is -2.22. The number of allylic oxidation sites excluding steroid dienone is 1. The van der Waals surface area contributed by atoms with E-state index in [1.54, 1.807) is 0 Å². The van der Waals surface area contributed by atoms with Gasteiger partial charge in [0.25, 0.3) is 0 Å². The molecule has 0 spiro atoms. The van der Waals surface area contributed by atoms with Crippen LogP contribution in [-0.4, -0.2) is 12.5 Å². The molecule has 0 radical (unpaired) electrons. The van der Waals surface area contributed by atoms with Gasteiger partial charge in [0, 0.05) is 13.0 Å². The highest BCUT2D eigenvalue weighted by atomic mass is 16.1. The van der Waals surface area contributed by atoms with Crippen LogP contribution in [0.4, 0.5) is 0 Å². The number of carbonyl (C=O) groups is 1. The average molecular weight is 141 g/mol. The molecule has 58 valence electrons. The Morgan fingerprint density at radius 1 is 1.60 bits per heavy atom. The normalized spacial score (nSPS) is 10.2. The van der Waals surface area contributed by atoms with Gasteiger partial charge in [0.15, 0.2) is 0 Å². The van der Waals surface area contributed by atoms with Crippen molar-refractivity contribution in [2.45, 2.75) is 26.7 Å². The summed E-state index contributed by atoms with van der Waals surface area (Å²) < 4.78 is 0. The molecule has 0 aromatic heterocycles. The molecular weight excluding hydrogens is 126 g/mol. The van der Waals surface area contributed by atoms with Crippen LogP contribution in [0.3, 0.4) is 0 Å². The van der Waals surface area contributed by atoms with E-state index in [9.17, 15) is 4.79 Å². The first kappa shape index (κ1) is 9.21. The number of nitrogens with one attached hydrogen (secondary N) is 1. The van der Waals surface area contributed by atoms with E-state index in [-0.39, 0.29) is 5.91 Å². The van der Waals surface area contributed by atoms with Gasteiger partial charge in [-0.1, -0.05) is 19.1 Å². The van der Waals surface area contributed by atoms with E-state index in [1.165, 1.54) is 0 Å². The van der Waals surface area contributed by atoms with Crippen LogP contribution in [-0.2, 0) is 4.79 Å². The Kier molecular flexibility index (Phi) is 5.83. The van der Waals surface area contributed by atoms with Crippen LogP contribution in [0, 0.1) is 0 Å². The second kappa shape index (κ2) is 6.33. The fourth-order valence-electron chi connectivity index (χ4n) is 0.561. The van der Waals surface area contributed by atoms with Gasteiger partial charge >= 0.3 is 0 Å². The molecule has 0 unspecified atom stereocenters. The van der Waals surface area contributed by atoms with Crippen LogP contribution in [0.25, 0.3) is 0 Å². The molecule has 0 aromatic rings. The molecule has 0 saturated carbocycles. The van der Waals surface area contributed by atoms with E-state index in [1.807, 2.05) is 26.0 Å². The second-order valence-corrected chi connectivity index (χ2v) is 2.12. The van der Waals surface area contributed by atoms with E-state index in [0.717, 1.165) is 13.0 Å². The van der Waals surface area contributed by atoms with Gasteiger partial charge in [-0.2, -0.15) is 0 Å². The topological polar surface area (TPSA) is 29.1 Å². The van der Waals surface area contributed by atoms with Gasteiger partial charge in [0.2, 0.25) is 5.91 Å². The maximum Gasteiger partial charge on any atom is 0.223 e. The van der Waals surface area contributed by atoms with Crippen molar-refractivity contribution < 1.29 is 4.79 Å². The first-order valence-electron chi connectivity index (χ1n) is 3.69. The smallest absolute Gasteiger partial charge is 0.223 e. The van der Waals surface area contributed by atoms with E-state index in [2.05, 4.69) is 5.32 Å². The minimum atomic E-state index is 0.111. The Hall–Kier alpha value is -0.790. The van der Waals surface area contributed by atoms with Crippen molar-refractivity contribution in [1.82, 2.24) is 5.32 Å². The van der Waals surface area contributed by atoms with Crippen molar-refractivity contribution in [1.29, 1.82) is 0 Å². The third kappa shape index (κ3) is 5.35. The van der Waals surface area contributed by atoms with Gasteiger partial charge in [0.1, 0.15) is 0 Å². The van der Waals surface area contributed by atoms with Crippen molar-refractivity contribution in [3.63, 3.8) is 0 Å². The summed E-state index contributed by atoms with van der Waals surface area (Å²) >= 11 is 0. The number of rotatable bonds is 4. The lowest BCUT2D eigenvalue weighted by atomic mass is 10.3. The summed E-state index contributed by atoms with van der Waals surface area (Å²) in [5.41, 5.74) is 0. The molecule has 0 rings (SSSR count). The summed E-state index contributed by atoms with van der Waals surface area (Å²) in [6, 6.07) is 0.